The number of benzene rings is 2. The number of hydrogen-bond acceptors (Lipinski definition) is 1. The summed E-state index contributed by atoms with van der Waals surface area (Å²) in [5, 5.41) is 0. The second kappa shape index (κ2) is 7.74. The molecule has 0 aromatic heterocycles. The Kier molecular flexibility index (Phi) is 4.61. The van der Waals surface area contributed by atoms with Gasteiger partial charge >= 0.3 is 0 Å². The summed E-state index contributed by atoms with van der Waals surface area (Å²) in [4.78, 5) is 2.57. The van der Waals surface area contributed by atoms with E-state index in [2.05, 4.69) is 114 Å². The van der Waals surface area contributed by atoms with Crippen molar-refractivity contribution in [1.82, 2.24) is 0 Å². The van der Waals surface area contributed by atoms with E-state index in [1.54, 1.807) is 0 Å². The van der Waals surface area contributed by atoms with Gasteiger partial charge in [0.2, 0.25) is 0 Å². The molecule has 6 rings (SSSR count). The van der Waals surface area contributed by atoms with Crippen LogP contribution in [0.5, 0.6) is 0 Å². The monoisotopic (exact) mass is 401 g/mol. The first-order valence-corrected chi connectivity index (χ1v) is 11.5. The molecule has 4 aliphatic rings. The van der Waals surface area contributed by atoms with Gasteiger partial charge < -0.3 is 4.90 Å². The highest BCUT2D eigenvalue weighted by Crippen LogP contribution is 2.48. The van der Waals surface area contributed by atoms with Gasteiger partial charge in [-0.3, -0.25) is 0 Å². The van der Waals surface area contributed by atoms with E-state index in [0.29, 0.717) is 17.9 Å². The Morgan fingerprint density at radius 3 is 2.48 bits per heavy atom. The van der Waals surface area contributed by atoms with Crippen LogP contribution >= 0.6 is 0 Å². The Morgan fingerprint density at radius 2 is 1.68 bits per heavy atom. The first kappa shape index (κ1) is 18.4. The largest absolute Gasteiger partial charge is 0.337 e. The normalized spacial score (nSPS) is 26.1. The van der Waals surface area contributed by atoms with Crippen molar-refractivity contribution in [2.24, 2.45) is 0 Å². The first-order valence-electron chi connectivity index (χ1n) is 11.5. The van der Waals surface area contributed by atoms with Crippen LogP contribution < -0.4 is 4.90 Å². The third kappa shape index (κ3) is 3.25. The first-order chi connectivity index (χ1) is 15.4. The van der Waals surface area contributed by atoms with Crippen LogP contribution in [0, 0.1) is 0 Å². The Morgan fingerprint density at radius 1 is 0.839 bits per heavy atom. The van der Waals surface area contributed by atoms with E-state index >= 15 is 0 Å². The average molecular weight is 402 g/mol. The molecule has 31 heavy (non-hydrogen) atoms. The van der Waals surface area contributed by atoms with Crippen molar-refractivity contribution in [2.45, 2.75) is 37.1 Å². The summed E-state index contributed by atoms with van der Waals surface area (Å²) in [5.74, 6) is 0.893. The summed E-state index contributed by atoms with van der Waals surface area (Å²) in [6.45, 7) is 0. The Labute approximate surface area is 185 Å². The fourth-order valence-electron chi connectivity index (χ4n) is 5.45. The van der Waals surface area contributed by atoms with Crippen molar-refractivity contribution in [2.75, 3.05) is 4.90 Å². The molecule has 0 saturated heterocycles. The van der Waals surface area contributed by atoms with E-state index in [0.717, 1.165) is 19.3 Å². The Bertz CT molecular complexity index is 1170. The van der Waals surface area contributed by atoms with Gasteiger partial charge in [0.15, 0.2) is 0 Å². The van der Waals surface area contributed by atoms with Crippen LogP contribution in [-0.2, 0) is 0 Å². The second-order valence-electron chi connectivity index (χ2n) is 8.82. The molecule has 0 spiro atoms. The third-order valence-corrected chi connectivity index (χ3v) is 7.02. The Hall–Kier alpha value is -3.32. The van der Waals surface area contributed by atoms with Gasteiger partial charge in [-0.15, -0.1) is 0 Å². The number of allylic oxidation sites excluding steroid dienone is 10. The van der Waals surface area contributed by atoms with Crippen LogP contribution in [0.25, 0.3) is 0 Å². The maximum Gasteiger partial charge on any atom is 0.0626 e. The van der Waals surface area contributed by atoms with Crippen LogP contribution in [0.4, 0.5) is 5.69 Å². The van der Waals surface area contributed by atoms with Crippen LogP contribution in [0.2, 0.25) is 0 Å². The van der Waals surface area contributed by atoms with Crippen molar-refractivity contribution in [3.8, 4) is 0 Å². The molecule has 0 amide bonds. The smallest absolute Gasteiger partial charge is 0.0626 e. The zero-order valence-electron chi connectivity index (χ0n) is 17.7. The lowest BCUT2D eigenvalue weighted by Gasteiger charge is -2.32. The predicted molar refractivity (Wildman–Crippen MR) is 130 cm³/mol. The van der Waals surface area contributed by atoms with Crippen LogP contribution in [0.1, 0.15) is 42.2 Å². The average Bonchev–Trinajstić information content (AvgIpc) is 3.19. The summed E-state index contributed by atoms with van der Waals surface area (Å²) < 4.78 is 0. The molecule has 152 valence electrons. The second-order valence-corrected chi connectivity index (χ2v) is 8.82. The summed E-state index contributed by atoms with van der Waals surface area (Å²) >= 11 is 0. The molecule has 2 aromatic rings. The number of para-hydroxylation sites is 1. The molecular weight excluding hydrogens is 374 g/mol. The van der Waals surface area contributed by atoms with E-state index < -0.39 is 0 Å². The topological polar surface area (TPSA) is 3.24 Å². The molecule has 0 saturated carbocycles. The number of rotatable bonds is 3. The molecule has 0 fully saturated rings. The number of fused-ring (bicyclic) bond motifs is 3. The van der Waals surface area contributed by atoms with Gasteiger partial charge in [-0.25, -0.2) is 0 Å². The van der Waals surface area contributed by atoms with Gasteiger partial charge in [0.1, 0.15) is 0 Å². The van der Waals surface area contributed by atoms with Crippen molar-refractivity contribution < 1.29 is 0 Å². The van der Waals surface area contributed by atoms with Crippen molar-refractivity contribution in [1.29, 1.82) is 0 Å². The molecule has 3 unspecified atom stereocenters. The number of anilines is 1. The van der Waals surface area contributed by atoms with Crippen molar-refractivity contribution in [3.05, 3.63) is 137 Å². The maximum absolute atomic E-state index is 2.57. The highest BCUT2D eigenvalue weighted by atomic mass is 15.2. The van der Waals surface area contributed by atoms with Gasteiger partial charge in [-0.05, 0) is 53.7 Å². The summed E-state index contributed by atoms with van der Waals surface area (Å²) in [7, 11) is 0. The molecule has 0 radical (unpaired) electrons. The summed E-state index contributed by atoms with van der Waals surface area (Å²) in [6, 6.07) is 20.2. The van der Waals surface area contributed by atoms with Gasteiger partial charge in [0, 0.05) is 23.2 Å². The molecule has 2 aromatic carbocycles. The highest BCUT2D eigenvalue weighted by molar-refractivity contribution is 5.71. The van der Waals surface area contributed by atoms with Crippen LogP contribution in [0.15, 0.2) is 126 Å². The quantitative estimate of drug-likeness (QED) is 0.519. The minimum atomic E-state index is 0.379. The number of nitrogens with zero attached hydrogens (tertiary/aromatic N) is 1. The van der Waals surface area contributed by atoms with E-state index in [9.17, 15) is 0 Å². The van der Waals surface area contributed by atoms with E-state index in [4.69, 9.17) is 0 Å². The molecule has 0 bridgehead atoms. The predicted octanol–water partition coefficient (Wildman–Crippen LogP) is 7.36. The minimum absolute atomic E-state index is 0.379. The number of hydrogen-bond donors (Lipinski definition) is 0. The fourth-order valence-corrected chi connectivity index (χ4v) is 5.45. The van der Waals surface area contributed by atoms with Crippen LogP contribution in [-0.4, -0.2) is 6.04 Å². The van der Waals surface area contributed by atoms with Gasteiger partial charge in [-0.2, -0.15) is 0 Å². The van der Waals surface area contributed by atoms with Crippen molar-refractivity contribution >= 4 is 5.69 Å². The Balaban J connectivity index is 1.30. The molecular formula is C30H27N. The minimum Gasteiger partial charge on any atom is -0.337 e. The van der Waals surface area contributed by atoms with E-state index in [-0.39, 0.29) is 0 Å². The zero-order chi connectivity index (χ0) is 20.6. The summed E-state index contributed by atoms with van der Waals surface area (Å²) in [5.41, 5.74) is 8.38. The summed E-state index contributed by atoms with van der Waals surface area (Å²) in [6.07, 6.45) is 24.5. The maximum atomic E-state index is 2.57. The van der Waals surface area contributed by atoms with E-state index in [1.165, 1.54) is 33.7 Å². The van der Waals surface area contributed by atoms with Crippen molar-refractivity contribution in [3.63, 3.8) is 0 Å². The van der Waals surface area contributed by atoms with E-state index in [1.807, 2.05) is 0 Å². The molecule has 1 aliphatic heterocycles. The van der Waals surface area contributed by atoms with Gasteiger partial charge in [0.25, 0.3) is 0 Å². The molecule has 1 nitrogen and oxygen atoms in total. The fraction of sp³-hybridized carbons (Fsp3) is 0.200. The molecule has 1 heterocycles. The van der Waals surface area contributed by atoms with Gasteiger partial charge in [-0.1, -0.05) is 97.1 Å². The molecule has 1 heteroatoms. The SMILES string of the molecule is C1=CCCC(N2c3ccccc3C3C=C(C4=CCC(c5ccccc5)C=C4)C=CC32)=C1. The zero-order valence-corrected chi connectivity index (χ0v) is 17.7. The van der Waals surface area contributed by atoms with Crippen LogP contribution in [0.3, 0.4) is 0 Å². The molecule has 3 atom stereocenters. The molecule has 0 N–H and O–H groups in total. The third-order valence-electron chi connectivity index (χ3n) is 7.02. The standard InChI is InChI=1S/C30H27N/c1-3-9-22(10-4-1)23-15-17-24(18-16-23)25-19-20-30-28(21-25)27-13-7-8-14-29(27)31(30)26-11-5-2-6-12-26/h1-5,7-11,13-15,17-21,23,28,30H,6,12,16H2. The van der Waals surface area contributed by atoms with Gasteiger partial charge in [0.05, 0.1) is 6.04 Å². The molecule has 3 aliphatic carbocycles. The lowest BCUT2D eigenvalue weighted by molar-refractivity contribution is 0.697. The highest BCUT2D eigenvalue weighted by Gasteiger charge is 2.38. The lowest BCUT2D eigenvalue weighted by Crippen LogP contribution is -2.33. The lowest BCUT2D eigenvalue weighted by atomic mass is 9.83.